The topological polar surface area (TPSA) is 185 Å². The van der Waals surface area contributed by atoms with Gasteiger partial charge in [0, 0.05) is 69.6 Å². The number of carbonyl (C=O) groups is 4. The molecule has 15 unspecified atom stereocenters. The van der Waals surface area contributed by atoms with E-state index < -0.39 is 89.5 Å². The number of Topliss-reactive ketones (excluding diaryl/α,β-unsaturated/α-hetero) is 3. The predicted octanol–water partition coefficient (Wildman–Crippen LogP) is 6.70. The van der Waals surface area contributed by atoms with E-state index in [1.54, 1.807) is 34.1 Å². The largest absolute Gasteiger partial charge is 0.488 e. The van der Waals surface area contributed by atoms with Crippen LogP contribution in [0.2, 0.25) is 0 Å². The van der Waals surface area contributed by atoms with Crippen LogP contribution >= 0.6 is 0 Å². The zero-order valence-corrected chi connectivity index (χ0v) is 40.9. The summed E-state index contributed by atoms with van der Waals surface area (Å²) in [4.78, 5) is 59.1. The molecule has 66 heavy (non-hydrogen) atoms. The number of amides is 1. The van der Waals surface area contributed by atoms with E-state index in [9.17, 15) is 39.6 Å². The number of fused-ring (bicyclic) bond motifs is 4. The van der Waals surface area contributed by atoms with Crippen molar-refractivity contribution in [3.05, 3.63) is 53.8 Å². The summed E-state index contributed by atoms with van der Waals surface area (Å²) in [5, 5.41) is 48.4. The highest BCUT2D eigenvalue weighted by molar-refractivity contribution is 6.39. The van der Waals surface area contributed by atoms with Crippen LogP contribution in [-0.4, -0.2) is 122 Å². The first-order valence-electron chi connectivity index (χ1n) is 24.6. The van der Waals surface area contributed by atoms with E-state index in [1.165, 1.54) is 4.90 Å². The molecule has 1 amide bonds. The van der Waals surface area contributed by atoms with Crippen molar-refractivity contribution in [3.63, 3.8) is 0 Å². The molecule has 3 heterocycles. The number of benzene rings is 1. The fourth-order valence-electron chi connectivity index (χ4n) is 11.8. The van der Waals surface area contributed by atoms with E-state index >= 15 is 0 Å². The molecule has 2 aliphatic heterocycles. The minimum Gasteiger partial charge on any atom is -0.488 e. The van der Waals surface area contributed by atoms with Gasteiger partial charge in [-0.25, -0.2) is 0 Å². The lowest BCUT2D eigenvalue weighted by molar-refractivity contribution is -0.176. The molecule has 1 saturated heterocycles. The average Bonchev–Trinajstić information content (AvgIpc) is 3.68. The van der Waals surface area contributed by atoms with E-state index in [-0.39, 0.29) is 49.2 Å². The number of hydrogen-bond donors (Lipinski definition) is 4. The van der Waals surface area contributed by atoms with Gasteiger partial charge in [0.25, 0.3) is 11.7 Å². The Labute approximate surface area is 391 Å². The molecular weight excluding hydrogens is 841 g/mol. The maximum Gasteiger partial charge on any atom is 0.293 e. The van der Waals surface area contributed by atoms with Crippen LogP contribution in [0.4, 0.5) is 0 Å². The molecule has 2 aliphatic carbocycles. The quantitative estimate of drug-likeness (QED) is 0.171. The molecule has 2 aromatic rings. The highest BCUT2D eigenvalue weighted by Crippen LogP contribution is 2.44. The van der Waals surface area contributed by atoms with Crippen LogP contribution < -0.4 is 4.74 Å². The summed E-state index contributed by atoms with van der Waals surface area (Å²) in [5.41, 5.74) is 0.495. The fraction of sp³-hybridized carbons (Fsp3) is 0.698. The van der Waals surface area contributed by atoms with Crippen molar-refractivity contribution in [2.24, 2.45) is 48.5 Å². The van der Waals surface area contributed by atoms with E-state index in [4.69, 9.17) is 14.2 Å². The number of piperidine rings is 1. The number of ether oxygens (including phenoxy) is 3. The number of methoxy groups -OCH3 is 2. The molecule has 366 valence electrons. The zero-order valence-electron chi connectivity index (χ0n) is 40.9. The van der Waals surface area contributed by atoms with E-state index in [2.05, 4.69) is 6.08 Å². The van der Waals surface area contributed by atoms with Gasteiger partial charge in [-0.15, -0.1) is 0 Å². The Kier molecular flexibility index (Phi) is 17.3. The summed E-state index contributed by atoms with van der Waals surface area (Å²) in [5.74, 6) is -4.74. The molecule has 15 atom stereocenters. The Bertz CT molecular complexity index is 2090. The Morgan fingerprint density at radius 1 is 0.879 bits per heavy atom. The van der Waals surface area contributed by atoms with Gasteiger partial charge >= 0.3 is 0 Å². The van der Waals surface area contributed by atoms with E-state index in [0.29, 0.717) is 62.7 Å². The molecule has 2 bridgehead atoms. The summed E-state index contributed by atoms with van der Waals surface area (Å²) < 4.78 is 20.3. The minimum absolute atomic E-state index is 0.0445. The van der Waals surface area contributed by atoms with Gasteiger partial charge in [0.05, 0.1) is 36.6 Å². The smallest absolute Gasteiger partial charge is 0.293 e. The number of nitrogens with zero attached hydrogens (tertiary/aromatic N) is 2. The second-order valence-electron chi connectivity index (χ2n) is 20.6. The molecular formula is C53H78N2O11. The Morgan fingerprint density at radius 2 is 1.59 bits per heavy atom. The highest BCUT2D eigenvalue weighted by atomic mass is 16.5. The Hall–Kier alpha value is -3.72. The molecule has 13 heteroatoms. The van der Waals surface area contributed by atoms with Gasteiger partial charge in [-0.3, -0.25) is 19.2 Å². The summed E-state index contributed by atoms with van der Waals surface area (Å²) >= 11 is 0. The second kappa shape index (κ2) is 22.1. The molecule has 3 fully saturated rings. The number of rotatable bonds is 7. The molecule has 6 rings (SSSR count). The average molecular weight is 919 g/mol. The van der Waals surface area contributed by atoms with Gasteiger partial charge in [-0.1, -0.05) is 45.4 Å². The SMILES string of the molecule is CCC1/C=C(\C)C(O)C(C)CC(OC)C2CC(O)(C(=O)C(=O)N3CCCCC3C(=O)CC(C(C)=CC3CCC(Oc4ccc5c(ccn5C)c4)C(O)C3)C(C)C(O)CC1=O)C(C)CC2OC. The molecule has 2 saturated carbocycles. The maximum atomic E-state index is 14.7. The van der Waals surface area contributed by atoms with Crippen LogP contribution in [0.1, 0.15) is 119 Å². The van der Waals surface area contributed by atoms with Crippen molar-refractivity contribution in [3.8, 4) is 5.75 Å². The fourth-order valence-corrected chi connectivity index (χ4v) is 11.8. The molecule has 13 nitrogen and oxygen atoms in total. The van der Waals surface area contributed by atoms with Crippen molar-refractivity contribution < 1.29 is 53.8 Å². The second-order valence-corrected chi connectivity index (χ2v) is 20.6. The monoisotopic (exact) mass is 919 g/mol. The highest BCUT2D eigenvalue weighted by Gasteiger charge is 2.55. The third-order valence-corrected chi connectivity index (χ3v) is 16.3. The van der Waals surface area contributed by atoms with Crippen LogP contribution in [0, 0.1) is 41.4 Å². The van der Waals surface area contributed by atoms with Crippen molar-refractivity contribution >= 4 is 34.2 Å². The number of aliphatic hydroxyl groups excluding tert-OH is 3. The van der Waals surface area contributed by atoms with Crippen LogP contribution in [0.5, 0.6) is 5.75 Å². The standard InChI is InChI=1S/C53H78N2O11/c1-10-36-22-31(3)50(60)32(4)23-48(64-8)40-29-53(63,33(5)24-49(40)65-9)51(61)52(62)55-19-12-11-13-42(55)45(58)27-39(34(6)43(56)28-44(36)57)30(2)21-35-14-17-47(46(59)25-35)66-38-15-16-41-37(26-38)18-20-54(41)7/h15-16,18,20-22,26,32-36,39-40,42-43,46-50,56,59-60,63H,10-14,17,19,23-25,27-29H2,1-9H3/b30-21?,31-22+. The van der Waals surface area contributed by atoms with E-state index in [0.717, 1.165) is 22.9 Å². The lowest BCUT2D eigenvalue weighted by atomic mass is 9.65. The van der Waals surface area contributed by atoms with Crippen molar-refractivity contribution in [2.75, 3.05) is 20.8 Å². The van der Waals surface area contributed by atoms with Gasteiger partial charge < -0.3 is 44.1 Å². The maximum absolute atomic E-state index is 14.7. The van der Waals surface area contributed by atoms with E-state index in [1.807, 2.05) is 69.8 Å². The van der Waals surface area contributed by atoms with Crippen LogP contribution in [0.15, 0.2) is 53.8 Å². The number of aliphatic hydroxyl groups is 4. The normalized spacial score (nSPS) is 38.3. The first-order valence-corrected chi connectivity index (χ1v) is 24.6. The van der Waals surface area contributed by atoms with Crippen molar-refractivity contribution in [1.82, 2.24) is 9.47 Å². The van der Waals surface area contributed by atoms with Crippen LogP contribution in [0.3, 0.4) is 0 Å². The molecule has 1 aromatic carbocycles. The number of hydrogen-bond acceptors (Lipinski definition) is 11. The number of aromatic nitrogens is 1. The number of allylic oxidation sites excluding steroid dienone is 3. The van der Waals surface area contributed by atoms with Gasteiger partial charge in [-0.05, 0) is 137 Å². The van der Waals surface area contributed by atoms with Gasteiger partial charge in [-0.2, -0.15) is 0 Å². The first kappa shape index (κ1) is 51.7. The minimum atomic E-state index is -2.05. The Balaban J connectivity index is 1.30. The summed E-state index contributed by atoms with van der Waals surface area (Å²) in [6.07, 6.45) is 5.92. The Morgan fingerprint density at radius 3 is 2.27 bits per heavy atom. The third kappa shape index (κ3) is 11.2. The predicted molar refractivity (Wildman–Crippen MR) is 252 cm³/mol. The van der Waals surface area contributed by atoms with Gasteiger partial charge in [0.2, 0.25) is 0 Å². The molecule has 0 spiro atoms. The summed E-state index contributed by atoms with van der Waals surface area (Å²) in [7, 11) is 5.12. The first-order chi connectivity index (χ1) is 31.3. The summed E-state index contributed by atoms with van der Waals surface area (Å²) in [6, 6.07) is 7.03. The zero-order chi connectivity index (χ0) is 48.2. The molecule has 4 aliphatic rings. The third-order valence-electron chi connectivity index (χ3n) is 16.3. The lowest BCUT2D eigenvalue weighted by Gasteiger charge is -2.47. The number of ketones is 3. The van der Waals surface area contributed by atoms with Gasteiger partial charge in [0.1, 0.15) is 23.2 Å². The molecule has 4 N–H and O–H groups in total. The molecule has 0 radical (unpaired) electrons. The lowest BCUT2D eigenvalue weighted by Crippen LogP contribution is -2.61. The van der Waals surface area contributed by atoms with Gasteiger partial charge in [0.15, 0.2) is 5.78 Å². The molecule has 1 aromatic heterocycles. The van der Waals surface area contributed by atoms with Crippen molar-refractivity contribution in [1.29, 1.82) is 0 Å². The number of carbonyl (C=O) groups excluding carboxylic acids is 4. The van der Waals surface area contributed by atoms with Crippen LogP contribution in [-0.2, 0) is 35.7 Å². The van der Waals surface area contributed by atoms with Crippen molar-refractivity contribution in [2.45, 2.75) is 167 Å². The number of aryl methyl sites for hydroxylation is 1. The van der Waals surface area contributed by atoms with Crippen LogP contribution in [0.25, 0.3) is 10.9 Å². The summed E-state index contributed by atoms with van der Waals surface area (Å²) in [6.45, 7) is 11.3.